The molecule has 0 saturated heterocycles. The topological polar surface area (TPSA) is 112 Å². The Kier molecular flexibility index (Phi) is 5.93. The molecule has 0 atom stereocenters. The van der Waals surface area contributed by atoms with E-state index in [1.54, 1.807) is 42.1 Å². The van der Waals surface area contributed by atoms with Crippen molar-refractivity contribution < 1.29 is 8.91 Å². The van der Waals surface area contributed by atoms with Crippen LogP contribution in [0.4, 0.5) is 10.2 Å². The van der Waals surface area contributed by atoms with Gasteiger partial charge in [0, 0.05) is 42.0 Å². The van der Waals surface area contributed by atoms with Crippen molar-refractivity contribution in [3.63, 3.8) is 0 Å². The van der Waals surface area contributed by atoms with Crippen LogP contribution in [-0.2, 0) is 6.54 Å². The van der Waals surface area contributed by atoms with Crippen LogP contribution in [0.15, 0.2) is 58.1 Å². The molecular weight excluding hydrogens is 435 g/mol. The van der Waals surface area contributed by atoms with E-state index in [0.717, 1.165) is 36.8 Å². The minimum Gasteiger partial charge on any atom is -0.382 e. The maximum absolute atomic E-state index is 14.6. The molecule has 0 bridgehead atoms. The van der Waals surface area contributed by atoms with Crippen molar-refractivity contribution in [1.82, 2.24) is 25.0 Å². The Morgan fingerprint density at radius 2 is 2.00 bits per heavy atom. The van der Waals surface area contributed by atoms with E-state index < -0.39 is 5.82 Å². The molecule has 0 aliphatic heterocycles. The van der Waals surface area contributed by atoms with Gasteiger partial charge in [-0.05, 0) is 43.7 Å². The Morgan fingerprint density at radius 1 is 1.18 bits per heavy atom. The molecule has 1 aliphatic rings. The predicted molar refractivity (Wildman–Crippen MR) is 127 cm³/mol. The molecule has 1 saturated carbocycles. The summed E-state index contributed by atoms with van der Waals surface area (Å²) < 4.78 is 21.9. The van der Waals surface area contributed by atoms with Crippen LogP contribution in [0.2, 0.25) is 0 Å². The van der Waals surface area contributed by atoms with Crippen molar-refractivity contribution in [3.05, 3.63) is 70.5 Å². The Morgan fingerprint density at radius 3 is 2.76 bits per heavy atom. The third kappa shape index (κ3) is 4.22. The number of nitrogens with zero attached hydrogens (tertiary/aromatic N) is 4. The van der Waals surface area contributed by atoms with E-state index in [1.165, 1.54) is 6.07 Å². The van der Waals surface area contributed by atoms with Crippen LogP contribution in [0.1, 0.15) is 37.3 Å². The second-order valence-corrected chi connectivity index (χ2v) is 8.51. The molecular formula is C25H25FN6O2. The summed E-state index contributed by atoms with van der Waals surface area (Å²) in [5.41, 5.74) is 9.16. The van der Waals surface area contributed by atoms with Crippen molar-refractivity contribution >= 4 is 5.82 Å². The fourth-order valence-electron chi connectivity index (χ4n) is 4.44. The third-order valence-corrected chi connectivity index (χ3v) is 6.19. The average molecular weight is 461 g/mol. The number of anilines is 1. The van der Waals surface area contributed by atoms with Gasteiger partial charge in [-0.25, -0.2) is 14.4 Å². The van der Waals surface area contributed by atoms with Crippen LogP contribution in [0, 0.1) is 5.82 Å². The number of benzene rings is 1. The lowest BCUT2D eigenvalue weighted by molar-refractivity contribution is 0.433. The van der Waals surface area contributed by atoms with Gasteiger partial charge in [-0.3, -0.25) is 4.79 Å². The number of hydrogen-bond donors (Lipinski definition) is 2. The molecule has 174 valence electrons. The number of nitrogens with one attached hydrogen (secondary N) is 1. The summed E-state index contributed by atoms with van der Waals surface area (Å²) in [6.45, 7) is 0.564. The molecule has 3 aromatic heterocycles. The number of nitrogen functional groups attached to an aromatic ring is 1. The molecule has 3 heterocycles. The number of hydrogen-bond acceptors (Lipinski definition) is 7. The van der Waals surface area contributed by atoms with Gasteiger partial charge in [0.1, 0.15) is 11.5 Å². The first kappa shape index (κ1) is 22.0. The van der Waals surface area contributed by atoms with E-state index in [-0.39, 0.29) is 23.2 Å². The highest BCUT2D eigenvalue weighted by atomic mass is 19.1. The number of nitrogens with two attached hydrogens (primary N) is 1. The molecule has 1 aromatic carbocycles. The van der Waals surface area contributed by atoms with Gasteiger partial charge in [0.05, 0.1) is 11.9 Å². The van der Waals surface area contributed by atoms with E-state index in [1.807, 2.05) is 12.3 Å². The highest BCUT2D eigenvalue weighted by Gasteiger charge is 2.20. The molecule has 0 amide bonds. The van der Waals surface area contributed by atoms with Crippen molar-refractivity contribution in [2.75, 3.05) is 12.8 Å². The van der Waals surface area contributed by atoms with Crippen LogP contribution in [0.5, 0.6) is 0 Å². The van der Waals surface area contributed by atoms with Gasteiger partial charge in [-0.1, -0.05) is 24.1 Å². The van der Waals surface area contributed by atoms with E-state index in [0.29, 0.717) is 29.2 Å². The smallest absolute Gasteiger partial charge is 0.250 e. The van der Waals surface area contributed by atoms with Crippen LogP contribution < -0.4 is 16.6 Å². The summed E-state index contributed by atoms with van der Waals surface area (Å²) in [6.07, 6.45) is 7.63. The number of rotatable bonds is 6. The molecule has 9 heteroatoms. The Balaban J connectivity index is 1.48. The standard InChI is InChI=1S/C25H25FN6O2/c1-28-12-15-6-8-18(19(26)10-15)20-11-22(34-31-20)24-25(27)29-13-21(30-24)16-7-9-23(33)32(14-16)17-4-2-3-5-17/h6-11,13-14,17,28H,2-5,12H2,1H3,(H2,27,29). The summed E-state index contributed by atoms with van der Waals surface area (Å²) in [4.78, 5) is 21.3. The summed E-state index contributed by atoms with van der Waals surface area (Å²) in [5.74, 6) is 0.0552. The largest absolute Gasteiger partial charge is 0.382 e. The molecule has 5 rings (SSSR count). The molecule has 1 aliphatic carbocycles. The number of halogens is 1. The average Bonchev–Trinajstić information content (AvgIpc) is 3.53. The van der Waals surface area contributed by atoms with Gasteiger partial charge in [-0.2, -0.15) is 0 Å². The lowest BCUT2D eigenvalue weighted by Crippen LogP contribution is -2.22. The van der Waals surface area contributed by atoms with E-state index >= 15 is 0 Å². The van der Waals surface area contributed by atoms with E-state index in [4.69, 9.17) is 10.3 Å². The summed E-state index contributed by atoms with van der Waals surface area (Å²) in [6, 6.07) is 10.1. The van der Waals surface area contributed by atoms with Crippen molar-refractivity contribution in [3.8, 4) is 34.0 Å². The van der Waals surface area contributed by atoms with Crippen molar-refractivity contribution in [2.45, 2.75) is 38.3 Å². The van der Waals surface area contributed by atoms with Gasteiger partial charge in [0.25, 0.3) is 5.56 Å². The fraction of sp³-hybridized carbons (Fsp3) is 0.280. The molecule has 0 unspecified atom stereocenters. The zero-order chi connectivity index (χ0) is 23.7. The fourth-order valence-corrected chi connectivity index (χ4v) is 4.44. The summed E-state index contributed by atoms with van der Waals surface area (Å²) in [5, 5.41) is 7.02. The Bertz CT molecular complexity index is 1390. The van der Waals surface area contributed by atoms with Gasteiger partial charge < -0.3 is 20.1 Å². The first-order valence-corrected chi connectivity index (χ1v) is 11.3. The second-order valence-electron chi connectivity index (χ2n) is 8.51. The monoisotopic (exact) mass is 460 g/mol. The zero-order valence-electron chi connectivity index (χ0n) is 18.8. The quantitative estimate of drug-likeness (QED) is 0.444. The SMILES string of the molecule is CNCc1ccc(-c2cc(-c3nc(-c4ccc(=O)n(C5CCCC5)c4)cnc3N)on2)c(F)c1. The molecule has 8 nitrogen and oxygen atoms in total. The van der Waals surface area contributed by atoms with E-state index in [2.05, 4.69) is 20.4 Å². The molecule has 3 N–H and O–H groups in total. The first-order chi connectivity index (χ1) is 16.5. The Labute approximate surface area is 195 Å². The zero-order valence-corrected chi connectivity index (χ0v) is 18.8. The summed E-state index contributed by atoms with van der Waals surface area (Å²) >= 11 is 0. The number of pyridine rings is 1. The van der Waals surface area contributed by atoms with Crippen molar-refractivity contribution in [1.29, 1.82) is 0 Å². The van der Waals surface area contributed by atoms with E-state index in [9.17, 15) is 9.18 Å². The second kappa shape index (κ2) is 9.18. The van der Waals surface area contributed by atoms with Crippen LogP contribution in [-0.4, -0.2) is 26.7 Å². The highest BCUT2D eigenvalue weighted by Crippen LogP contribution is 2.32. The molecule has 0 radical (unpaired) electrons. The van der Waals surface area contributed by atoms with Crippen molar-refractivity contribution in [2.24, 2.45) is 0 Å². The van der Waals surface area contributed by atoms with Gasteiger partial charge in [-0.15, -0.1) is 0 Å². The lowest BCUT2D eigenvalue weighted by Gasteiger charge is -2.14. The number of aromatic nitrogens is 4. The predicted octanol–water partition coefficient (Wildman–Crippen LogP) is 4.18. The minimum absolute atomic E-state index is 0.0260. The molecule has 4 aromatic rings. The maximum atomic E-state index is 14.6. The first-order valence-electron chi connectivity index (χ1n) is 11.3. The minimum atomic E-state index is -0.394. The van der Waals surface area contributed by atoms with Crippen LogP contribution in [0.3, 0.4) is 0 Å². The highest BCUT2D eigenvalue weighted by molar-refractivity contribution is 5.73. The normalized spacial score (nSPS) is 14.1. The van der Waals surface area contributed by atoms with Crippen LogP contribution in [0.25, 0.3) is 34.0 Å². The molecule has 0 spiro atoms. The lowest BCUT2D eigenvalue weighted by atomic mass is 10.1. The molecule has 34 heavy (non-hydrogen) atoms. The van der Waals surface area contributed by atoms with Gasteiger partial charge in [0.15, 0.2) is 17.3 Å². The molecule has 1 fully saturated rings. The third-order valence-electron chi connectivity index (χ3n) is 6.19. The van der Waals surface area contributed by atoms with Gasteiger partial charge >= 0.3 is 0 Å². The maximum Gasteiger partial charge on any atom is 0.250 e. The van der Waals surface area contributed by atoms with Crippen LogP contribution >= 0.6 is 0 Å². The summed E-state index contributed by atoms with van der Waals surface area (Å²) in [7, 11) is 1.80. The van der Waals surface area contributed by atoms with Gasteiger partial charge in [0.2, 0.25) is 0 Å². The Hall–Kier alpha value is -3.85.